The first-order valence-corrected chi connectivity index (χ1v) is 8.93. The average Bonchev–Trinajstić information content (AvgIpc) is 2.63. The molecule has 0 aromatic heterocycles. The van der Waals surface area contributed by atoms with Crippen molar-refractivity contribution in [1.29, 1.82) is 0 Å². The molecule has 2 aromatic carbocycles. The minimum atomic E-state index is -4.36. The summed E-state index contributed by atoms with van der Waals surface area (Å²) in [6, 6.07) is 15.5. The van der Waals surface area contributed by atoms with Crippen LogP contribution in [0.3, 0.4) is 0 Å². The van der Waals surface area contributed by atoms with E-state index in [0.717, 1.165) is 44.9 Å². The molecular weight excluding hydrogens is 359 g/mol. The van der Waals surface area contributed by atoms with Crippen molar-refractivity contribution < 1.29 is 18.1 Å². The highest BCUT2D eigenvalue weighted by Crippen LogP contribution is 2.30. The van der Waals surface area contributed by atoms with E-state index in [0.29, 0.717) is 10.8 Å². The molecule has 1 saturated heterocycles. The second kappa shape index (κ2) is 8.05. The number of piperazine rings is 1. The SMILES string of the molecule is FC(F)(F)c1cccc(NC(=S)N2CC[NH+](Cc3ccccc3)CC2)c1. The van der Waals surface area contributed by atoms with E-state index in [-0.39, 0.29) is 0 Å². The molecule has 0 atom stereocenters. The van der Waals surface area contributed by atoms with Crippen molar-refractivity contribution in [3.63, 3.8) is 0 Å². The average molecular weight is 380 g/mol. The number of benzene rings is 2. The summed E-state index contributed by atoms with van der Waals surface area (Å²) in [6.45, 7) is 4.43. The molecule has 0 aliphatic carbocycles. The standard InChI is InChI=1S/C19H20F3N3S/c20-19(21,22)16-7-4-8-17(13-16)23-18(26)25-11-9-24(10-12-25)14-15-5-2-1-3-6-15/h1-8,13H,9-12,14H2,(H,23,26)/p+1. The van der Waals surface area contributed by atoms with Crippen LogP contribution in [-0.2, 0) is 12.7 Å². The smallest absolute Gasteiger partial charge is 0.338 e. The Labute approximate surface area is 156 Å². The van der Waals surface area contributed by atoms with Gasteiger partial charge in [-0.25, -0.2) is 0 Å². The van der Waals surface area contributed by atoms with Crippen LogP contribution < -0.4 is 10.2 Å². The highest BCUT2D eigenvalue weighted by Gasteiger charge is 2.30. The maximum absolute atomic E-state index is 12.8. The zero-order chi connectivity index (χ0) is 18.6. The molecule has 1 heterocycles. The van der Waals surface area contributed by atoms with Crippen LogP contribution >= 0.6 is 12.2 Å². The van der Waals surface area contributed by atoms with Crippen LogP contribution in [0.1, 0.15) is 11.1 Å². The number of nitrogens with zero attached hydrogens (tertiary/aromatic N) is 1. The van der Waals surface area contributed by atoms with Crippen LogP contribution in [0.5, 0.6) is 0 Å². The number of halogens is 3. The summed E-state index contributed by atoms with van der Waals surface area (Å²) in [6.07, 6.45) is -4.36. The summed E-state index contributed by atoms with van der Waals surface area (Å²) in [4.78, 5) is 3.50. The fourth-order valence-corrected chi connectivity index (χ4v) is 3.36. The first-order valence-electron chi connectivity index (χ1n) is 8.52. The van der Waals surface area contributed by atoms with Gasteiger partial charge in [0.25, 0.3) is 0 Å². The van der Waals surface area contributed by atoms with E-state index < -0.39 is 11.7 Å². The van der Waals surface area contributed by atoms with E-state index in [1.54, 1.807) is 6.07 Å². The second-order valence-electron chi connectivity index (χ2n) is 6.41. The molecule has 138 valence electrons. The molecule has 1 fully saturated rings. The van der Waals surface area contributed by atoms with Gasteiger partial charge >= 0.3 is 6.18 Å². The maximum atomic E-state index is 12.8. The predicted octanol–water partition coefficient (Wildman–Crippen LogP) is 2.80. The maximum Gasteiger partial charge on any atom is 0.416 e. The summed E-state index contributed by atoms with van der Waals surface area (Å²) >= 11 is 5.39. The van der Waals surface area contributed by atoms with E-state index >= 15 is 0 Å². The molecule has 26 heavy (non-hydrogen) atoms. The van der Waals surface area contributed by atoms with Crippen LogP contribution in [0.15, 0.2) is 54.6 Å². The molecule has 0 spiro atoms. The lowest BCUT2D eigenvalue weighted by Gasteiger charge is -2.34. The van der Waals surface area contributed by atoms with Gasteiger partial charge in [0, 0.05) is 11.3 Å². The molecule has 0 saturated carbocycles. The molecular formula is C19H21F3N3S+. The highest BCUT2D eigenvalue weighted by atomic mass is 32.1. The van der Waals surface area contributed by atoms with Gasteiger partial charge in [-0.3, -0.25) is 0 Å². The summed E-state index contributed by atoms with van der Waals surface area (Å²) in [5.41, 5.74) is 0.993. The van der Waals surface area contributed by atoms with Crippen molar-refractivity contribution in [2.24, 2.45) is 0 Å². The van der Waals surface area contributed by atoms with Gasteiger partial charge in [0.1, 0.15) is 6.54 Å². The van der Waals surface area contributed by atoms with E-state index in [2.05, 4.69) is 17.4 Å². The van der Waals surface area contributed by atoms with E-state index in [9.17, 15) is 13.2 Å². The lowest BCUT2D eigenvalue weighted by Crippen LogP contribution is -3.13. The van der Waals surface area contributed by atoms with Gasteiger partial charge in [-0.2, -0.15) is 13.2 Å². The zero-order valence-corrected chi connectivity index (χ0v) is 15.0. The molecule has 7 heteroatoms. The Bertz CT molecular complexity index is 741. The Kier molecular flexibility index (Phi) is 5.78. The largest absolute Gasteiger partial charge is 0.416 e. The summed E-state index contributed by atoms with van der Waals surface area (Å²) < 4.78 is 38.4. The Balaban J connectivity index is 1.52. The fraction of sp³-hybridized carbons (Fsp3) is 0.316. The number of quaternary nitrogens is 1. The molecule has 1 aliphatic heterocycles. The van der Waals surface area contributed by atoms with Crippen LogP contribution in [0.4, 0.5) is 18.9 Å². The van der Waals surface area contributed by atoms with Crippen LogP contribution in [0, 0.1) is 0 Å². The van der Waals surface area contributed by atoms with E-state index in [1.165, 1.54) is 16.5 Å². The molecule has 0 bridgehead atoms. The third-order valence-electron chi connectivity index (χ3n) is 4.50. The van der Waals surface area contributed by atoms with Gasteiger partial charge in [0.15, 0.2) is 5.11 Å². The molecule has 0 radical (unpaired) electrons. The van der Waals surface area contributed by atoms with Crippen LogP contribution in [-0.4, -0.2) is 36.2 Å². The molecule has 0 amide bonds. The van der Waals surface area contributed by atoms with Gasteiger partial charge in [0.2, 0.25) is 0 Å². The Morgan fingerprint density at radius 1 is 1.04 bits per heavy atom. The zero-order valence-electron chi connectivity index (χ0n) is 14.2. The van der Waals surface area contributed by atoms with Gasteiger partial charge in [0.05, 0.1) is 31.7 Å². The lowest BCUT2D eigenvalue weighted by atomic mass is 10.2. The lowest BCUT2D eigenvalue weighted by molar-refractivity contribution is -0.917. The van der Waals surface area contributed by atoms with Crippen LogP contribution in [0.2, 0.25) is 0 Å². The quantitative estimate of drug-likeness (QED) is 0.799. The number of hydrogen-bond acceptors (Lipinski definition) is 1. The topological polar surface area (TPSA) is 19.7 Å². The van der Waals surface area contributed by atoms with Gasteiger partial charge in [-0.1, -0.05) is 36.4 Å². The molecule has 1 aliphatic rings. The fourth-order valence-electron chi connectivity index (χ4n) is 3.06. The third-order valence-corrected chi connectivity index (χ3v) is 4.86. The molecule has 2 aromatic rings. The van der Waals surface area contributed by atoms with Gasteiger partial charge in [-0.05, 0) is 30.4 Å². The molecule has 2 N–H and O–H groups in total. The van der Waals surface area contributed by atoms with Crippen molar-refractivity contribution >= 4 is 23.0 Å². The van der Waals surface area contributed by atoms with Gasteiger partial charge in [-0.15, -0.1) is 0 Å². The minimum Gasteiger partial charge on any atom is -0.338 e. The van der Waals surface area contributed by atoms with Gasteiger partial charge < -0.3 is 15.1 Å². The number of hydrogen-bond donors (Lipinski definition) is 2. The Morgan fingerprint density at radius 3 is 2.38 bits per heavy atom. The predicted molar refractivity (Wildman–Crippen MR) is 100 cm³/mol. The summed E-state index contributed by atoms with van der Waals surface area (Å²) in [5, 5.41) is 3.41. The summed E-state index contributed by atoms with van der Waals surface area (Å²) in [5.74, 6) is 0. The number of nitrogens with one attached hydrogen (secondary N) is 2. The highest BCUT2D eigenvalue weighted by molar-refractivity contribution is 7.80. The Morgan fingerprint density at radius 2 is 1.73 bits per heavy atom. The van der Waals surface area contributed by atoms with Crippen molar-refractivity contribution in [1.82, 2.24) is 4.90 Å². The van der Waals surface area contributed by atoms with Crippen LogP contribution in [0.25, 0.3) is 0 Å². The molecule has 3 rings (SSSR count). The van der Waals surface area contributed by atoms with Crippen molar-refractivity contribution in [2.75, 3.05) is 31.5 Å². The number of thiocarbonyl (C=S) groups is 1. The van der Waals surface area contributed by atoms with E-state index in [1.807, 2.05) is 23.1 Å². The van der Waals surface area contributed by atoms with E-state index in [4.69, 9.17) is 12.2 Å². The van der Waals surface area contributed by atoms with Crippen molar-refractivity contribution in [3.8, 4) is 0 Å². The number of alkyl halides is 3. The van der Waals surface area contributed by atoms with Crippen molar-refractivity contribution in [2.45, 2.75) is 12.7 Å². The number of anilines is 1. The third kappa shape index (κ3) is 4.95. The first-order chi connectivity index (χ1) is 12.4. The first kappa shape index (κ1) is 18.7. The monoisotopic (exact) mass is 380 g/mol. The second-order valence-corrected chi connectivity index (χ2v) is 6.79. The normalized spacial score (nSPS) is 15.7. The van der Waals surface area contributed by atoms with Crippen molar-refractivity contribution in [3.05, 3.63) is 65.7 Å². The molecule has 0 unspecified atom stereocenters. The summed E-state index contributed by atoms with van der Waals surface area (Å²) in [7, 11) is 0. The minimum absolute atomic E-state index is 0.365. The number of rotatable bonds is 3. The molecule has 3 nitrogen and oxygen atoms in total. The Hall–Kier alpha value is -2.12.